The highest BCUT2D eigenvalue weighted by Gasteiger charge is 2.13. The summed E-state index contributed by atoms with van der Waals surface area (Å²) in [6, 6.07) is 3.64. The third-order valence-corrected chi connectivity index (χ3v) is 2.79. The minimum atomic E-state index is -3.56. The van der Waals surface area contributed by atoms with E-state index < -0.39 is 15.7 Å². The second-order valence-corrected chi connectivity index (χ2v) is 4.86. The monoisotopic (exact) mass is 219 g/mol. The average molecular weight is 219 g/mol. The standard InChI is InChI=1S/C8H10FNO3S/c1-14(12,13)8-4-6(5-10-11)2-3-7(8)9/h2-4,10-11H,5H2,1H3. The van der Waals surface area contributed by atoms with Crippen LogP contribution < -0.4 is 5.48 Å². The smallest absolute Gasteiger partial charge is 0.178 e. The second kappa shape index (κ2) is 4.04. The summed E-state index contributed by atoms with van der Waals surface area (Å²) < 4.78 is 35.2. The molecule has 0 unspecified atom stereocenters. The Morgan fingerprint density at radius 2 is 2.14 bits per heavy atom. The summed E-state index contributed by atoms with van der Waals surface area (Å²) in [7, 11) is -3.56. The molecule has 0 radical (unpaired) electrons. The van der Waals surface area contributed by atoms with E-state index in [9.17, 15) is 12.8 Å². The van der Waals surface area contributed by atoms with Crippen molar-refractivity contribution in [3.63, 3.8) is 0 Å². The molecule has 14 heavy (non-hydrogen) atoms. The van der Waals surface area contributed by atoms with Gasteiger partial charge in [-0.15, -0.1) is 0 Å². The van der Waals surface area contributed by atoms with E-state index in [0.717, 1.165) is 12.3 Å². The third-order valence-electron chi connectivity index (χ3n) is 1.68. The summed E-state index contributed by atoms with van der Waals surface area (Å²) in [6.07, 6.45) is 0.932. The molecule has 0 atom stereocenters. The highest BCUT2D eigenvalue weighted by Crippen LogP contribution is 2.15. The largest absolute Gasteiger partial charge is 0.316 e. The molecule has 0 aliphatic carbocycles. The van der Waals surface area contributed by atoms with Crippen molar-refractivity contribution in [1.82, 2.24) is 5.48 Å². The number of hydrogen-bond acceptors (Lipinski definition) is 4. The number of benzene rings is 1. The van der Waals surface area contributed by atoms with Crippen LogP contribution in [0.1, 0.15) is 5.56 Å². The summed E-state index contributed by atoms with van der Waals surface area (Å²) >= 11 is 0. The van der Waals surface area contributed by atoms with Crippen LogP contribution in [0.5, 0.6) is 0 Å². The maximum Gasteiger partial charge on any atom is 0.178 e. The fraction of sp³-hybridized carbons (Fsp3) is 0.250. The van der Waals surface area contributed by atoms with Gasteiger partial charge in [0.05, 0.1) is 0 Å². The van der Waals surface area contributed by atoms with Gasteiger partial charge in [0.2, 0.25) is 0 Å². The Morgan fingerprint density at radius 3 is 2.64 bits per heavy atom. The molecule has 78 valence electrons. The number of rotatable bonds is 3. The van der Waals surface area contributed by atoms with Crippen molar-refractivity contribution in [2.24, 2.45) is 0 Å². The van der Waals surface area contributed by atoms with Gasteiger partial charge in [-0.3, -0.25) is 0 Å². The molecule has 0 bridgehead atoms. The Hall–Kier alpha value is -0.980. The van der Waals surface area contributed by atoms with Gasteiger partial charge in [0.15, 0.2) is 9.84 Å². The molecule has 0 aliphatic rings. The van der Waals surface area contributed by atoms with Crippen molar-refractivity contribution in [2.75, 3.05) is 6.26 Å². The fourth-order valence-electron chi connectivity index (χ4n) is 1.03. The van der Waals surface area contributed by atoms with Gasteiger partial charge in [0.1, 0.15) is 10.7 Å². The van der Waals surface area contributed by atoms with E-state index >= 15 is 0 Å². The zero-order valence-electron chi connectivity index (χ0n) is 7.49. The van der Waals surface area contributed by atoms with Crippen LogP contribution in [0.25, 0.3) is 0 Å². The lowest BCUT2D eigenvalue weighted by molar-refractivity contribution is 0.161. The summed E-state index contributed by atoms with van der Waals surface area (Å²) in [6.45, 7) is 0.0722. The van der Waals surface area contributed by atoms with E-state index in [-0.39, 0.29) is 11.4 Å². The summed E-state index contributed by atoms with van der Waals surface area (Å²) in [5.41, 5.74) is 2.36. The van der Waals surface area contributed by atoms with Gasteiger partial charge in [-0.2, -0.15) is 0 Å². The molecule has 1 aromatic rings. The normalized spacial score (nSPS) is 11.6. The molecule has 2 N–H and O–H groups in total. The van der Waals surface area contributed by atoms with E-state index in [1.165, 1.54) is 12.1 Å². The first-order valence-electron chi connectivity index (χ1n) is 3.80. The minimum Gasteiger partial charge on any atom is -0.316 e. The number of sulfone groups is 1. The van der Waals surface area contributed by atoms with Gasteiger partial charge in [0.25, 0.3) is 0 Å². The molecule has 0 heterocycles. The molecule has 0 aliphatic heterocycles. The molecule has 0 amide bonds. The topological polar surface area (TPSA) is 66.4 Å². The average Bonchev–Trinajstić information content (AvgIpc) is 2.07. The number of nitrogens with one attached hydrogen (secondary N) is 1. The van der Waals surface area contributed by atoms with Crippen LogP contribution in [0.3, 0.4) is 0 Å². The Morgan fingerprint density at radius 1 is 1.50 bits per heavy atom. The quantitative estimate of drug-likeness (QED) is 0.735. The lowest BCUT2D eigenvalue weighted by Gasteiger charge is -2.03. The van der Waals surface area contributed by atoms with E-state index in [1.54, 1.807) is 0 Å². The zero-order chi connectivity index (χ0) is 10.8. The van der Waals surface area contributed by atoms with Gasteiger partial charge >= 0.3 is 0 Å². The third kappa shape index (κ3) is 2.50. The predicted octanol–water partition coefficient (Wildman–Crippen LogP) is 0.708. The fourth-order valence-corrected chi connectivity index (χ4v) is 1.82. The Bertz CT molecular complexity index is 430. The molecular weight excluding hydrogens is 209 g/mol. The molecule has 1 aromatic carbocycles. The maximum atomic E-state index is 13.0. The van der Waals surface area contributed by atoms with E-state index in [2.05, 4.69) is 0 Å². The van der Waals surface area contributed by atoms with Crippen molar-refractivity contribution in [3.8, 4) is 0 Å². The van der Waals surface area contributed by atoms with E-state index in [0.29, 0.717) is 5.56 Å². The van der Waals surface area contributed by atoms with Crippen LogP contribution in [0, 0.1) is 5.82 Å². The summed E-state index contributed by atoms with van der Waals surface area (Å²) in [5, 5.41) is 8.39. The van der Waals surface area contributed by atoms with Crippen molar-refractivity contribution in [2.45, 2.75) is 11.4 Å². The summed E-state index contributed by atoms with van der Waals surface area (Å²) in [5.74, 6) is -0.783. The van der Waals surface area contributed by atoms with E-state index in [4.69, 9.17) is 5.21 Å². The summed E-state index contributed by atoms with van der Waals surface area (Å²) in [4.78, 5) is -0.356. The molecule has 6 heteroatoms. The molecule has 1 rings (SSSR count). The molecule has 4 nitrogen and oxygen atoms in total. The van der Waals surface area contributed by atoms with Crippen molar-refractivity contribution < 1.29 is 18.0 Å². The lowest BCUT2D eigenvalue weighted by Crippen LogP contribution is -2.08. The maximum absolute atomic E-state index is 13.0. The Balaban J connectivity index is 3.22. The van der Waals surface area contributed by atoms with Gasteiger partial charge in [-0.05, 0) is 17.7 Å². The van der Waals surface area contributed by atoms with Gasteiger partial charge in [0, 0.05) is 12.8 Å². The first kappa shape index (κ1) is 11.1. The molecule has 0 spiro atoms. The first-order chi connectivity index (χ1) is 6.45. The van der Waals surface area contributed by atoms with Crippen LogP contribution in [0.4, 0.5) is 4.39 Å². The highest BCUT2D eigenvalue weighted by molar-refractivity contribution is 7.90. The molecule has 0 saturated carbocycles. The SMILES string of the molecule is CS(=O)(=O)c1cc(CNO)ccc1F. The van der Waals surface area contributed by atoms with Crippen LogP contribution >= 0.6 is 0 Å². The predicted molar refractivity (Wildman–Crippen MR) is 48.1 cm³/mol. The van der Waals surface area contributed by atoms with Crippen LogP contribution in [0.2, 0.25) is 0 Å². The Kier molecular flexibility index (Phi) is 3.20. The van der Waals surface area contributed by atoms with Gasteiger partial charge in [-0.1, -0.05) is 6.07 Å². The molecular formula is C8H10FNO3S. The number of hydroxylamine groups is 1. The molecule has 0 saturated heterocycles. The molecule has 0 fully saturated rings. The first-order valence-corrected chi connectivity index (χ1v) is 5.69. The van der Waals surface area contributed by atoms with Gasteiger partial charge < -0.3 is 5.21 Å². The zero-order valence-corrected chi connectivity index (χ0v) is 8.31. The second-order valence-electron chi connectivity index (χ2n) is 2.87. The van der Waals surface area contributed by atoms with Crippen LogP contribution in [0.15, 0.2) is 23.1 Å². The van der Waals surface area contributed by atoms with Crippen molar-refractivity contribution in [3.05, 3.63) is 29.6 Å². The van der Waals surface area contributed by atoms with Crippen molar-refractivity contribution >= 4 is 9.84 Å². The van der Waals surface area contributed by atoms with Crippen molar-refractivity contribution in [1.29, 1.82) is 0 Å². The Labute approximate surface area is 81.3 Å². The highest BCUT2D eigenvalue weighted by atomic mass is 32.2. The van der Waals surface area contributed by atoms with Crippen LogP contribution in [-0.4, -0.2) is 19.9 Å². The number of halogens is 1. The lowest BCUT2D eigenvalue weighted by atomic mass is 10.2. The molecule has 0 aromatic heterocycles. The van der Waals surface area contributed by atoms with Gasteiger partial charge in [-0.25, -0.2) is 18.3 Å². The number of hydrogen-bond donors (Lipinski definition) is 2. The minimum absolute atomic E-state index is 0.0722. The van der Waals surface area contributed by atoms with E-state index in [1.807, 2.05) is 5.48 Å². The van der Waals surface area contributed by atoms with Crippen LogP contribution in [-0.2, 0) is 16.4 Å².